The van der Waals surface area contributed by atoms with E-state index in [1.165, 1.54) is 0 Å². The molecule has 6 nitrogen and oxygen atoms in total. The Bertz CT molecular complexity index is 307. The predicted molar refractivity (Wildman–Crippen MR) is 51.0 cm³/mol. The first-order valence-corrected chi connectivity index (χ1v) is 7.17. The van der Waals surface area contributed by atoms with Crippen molar-refractivity contribution < 1.29 is 81.3 Å². The zero-order chi connectivity index (χ0) is 12.1. The Morgan fingerprint density at radius 2 is 1.72 bits per heavy atom. The van der Waals surface area contributed by atoms with Crippen molar-refractivity contribution in [2.24, 2.45) is 0 Å². The fourth-order valence-electron chi connectivity index (χ4n) is 0.826. The molecular formula is C7H11Li3NO5PS. The van der Waals surface area contributed by atoms with Crippen LogP contribution in [0, 0.1) is 0 Å². The first kappa shape index (κ1) is 27.6. The van der Waals surface area contributed by atoms with Crippen LogP contribution in [0.15, 0.2) is 0 Å². The van der Waals surface area contributed by atoms with E-state index in [0.717, 1.165) is 0 Å². The van der Waals surface area contributed by atoms with E-state index < -0.39 is 30.8 Å². The molecule has 0 aliphatic carbocycles. The van der Waals surface area contributed by atoms with Gasteiger partial charge in [-0.15, -0.1) is 0 Å². The molecule has 0 saturated carbocycles. The van der Waals surface area contributed by atoms with E-state index in [1.54, 1.807) is 6.92 Å². The number of rotatable bonds is 7. The SMILES string of the molecule is CCP([O-])(=S)N[C@@H](CCC(=O)[O-])C(=O)[O-].[Li+].[Li+].[Li+]. The van der Waals surface area contributed by atoms with Crippen LogP contribution in [0.4, 0.5) is 0 Å². The van der Waals surface area contributed by atoms with Gasteiger partial charge in [0.2, 0.25) is 0 Å². The van der Waals surface area contributed by atoms with Crippen molar-refractivity contribution in [2.45, 2.75) is 25.8 Å². The molecule has 0 rings (SSSR count). The van der Waals surface area contributed by atoms with E-state index in [-0.39, 0.29) is 69.2 Å². The molecule has 0 aliphatic rings. The fraction of sp³-hybridized carbons (Fsp3) is 0.714. The van der Waals surface area contributed by atoms with Crippen LogP contribution in [-0.2, 0) is 21.4 Å². The number of hydrogen-bond acceptors (Lipinski definition) is 6. The summed E-state index contributed by atoms with van der Waals surface area (Å²) in [4.78, 5) is 32.1. The Labute approximate surface area is 147 Å². The molecule has 0 aromatic carbocycles. The summed E-state index contributed by atoms with van der Waals surface area (Å²) < 4.78 is 0. The van der Waals surface area contributed by atoms with Crippen LogP contribution < -0.4 is 76.8 Å². The molecule has 0 aliphatic heterocycles. The number of aliphatic carboxylic acids is 2. The average Bonchev–Trinajstić information content (AvgIpc) is 2.11. The van der Waals surface area contributed by atoms with E-state index >= 15 is 0 Å². The number of nitrogens with one attached hydrogen (secondary N) is 1. The number of hydrogen-bond donors (Lipinski definition) is 1. The third-order valence-electron chi connectivity index (χ3n) is 1.69. The first-order chi connectivity index (χ1) is 6.78. The molecule has 18 heavy (non-hydrogen) atoms. The van der Waals surface area contributed by atoms with Gasteiger partial charge in [0.1, 0.15) is 0 Å². The molecule has 0 spiro atoms. The van der Waals surface area contributed by atoms with Crippen LogP contribution in [0.5, 0.6) is 0 Å². The molecule has 88 valence electrons. The molecule has 0 radical (unpaired) electrons. The summed E-state index contributed by atoms with van der Waals surface area (Å²) in [5.41, 5.74) is 0. The van der Waals surface area contributed by atoms with Gasteiger partial charge in [-0.2, -0.15) is 0 Å². The second-order valence-electron chi connectivity index (χ2n) is 2.90. The third kappa shape index (κ3) is 13.7. The van der Waals surface area contributed by atoms with E-state index in [4.69, 9.17) is 0 Å². The molecule has 0 bridgehead atoms. The summed E-state index contributed by atoms with van der Waals surface area (Å²) in [5.74, 6) is -2.89. The van der Waals surface area contributed by atoms with Crippen LogP contribution >= 0.6 is 6.42 Å². The number of carboxylic acid groups (broad SMARTS) is 2. The van der Waals surface area contributed by atoms with Crippen molar-refractivity contribution in [3.05, 3.63) is 0 Å². The molecule has 1 unspecified atom stereocenters. The summed E-state index contributed by atoms with van der Waals surface area (Å²) in [7, 11) is 0. The van der Waals surface area contributed by atoms with Crippen molar-refractivity contribution >= 4 is 30.2 Å². The van der Waals surface area contributed by atoms with E-state index in [1.807, 2.05) is 0 Å². The van der Waals surface area contributed by atoms with Gasteiger partial charge in [-0.3, -0.25) is 5.09 Å². The van der Waals surface area contributed by atoms with Crippen molar-refractivity contribution in [3.8, 4) is 0 Å². The minimum Gasteiger partial charge on any atom is -0.810 e. The molecule has 0 fully saturated rings. The van der Waals surface area contributed by atoms with Gasteiger partial charge in [0.15, 0.2) is 0 Å². The molecule has 0 aromatic heterocycles. The smallest absolute Gasteiger partial charge is 0.810 e. The maximum atomic E-state index is 11.4. The fourth-order valence-corrected chi connectivity index (χ4v) is 2.10. The van der Waals surface area contributed by atoms with Gasteiger partial charge in [0.25, 0.3) is 0 Å². The monoisotopic (exact) mass is 273 g/mol. The molecule has 0 aromatic rings. The van der Waals surface area contributed by atoms with Crippen molar-refractivity contribution in [3.63, 3.8) is 0 Å². The topological polar surface area (TPSA) is 115 Å². The molecule has 1 N–H and O–H groups in total. The third-order valence-corrected chi connectivity index (χ3v) is 4.32. The normalized spacial score (nSPS) is 13.9. The van der Waals surface area contributed by atoms with Crippen molar-refractivity contribution in [1.82, 2.24) is 5.09 Å². The molecule has 0 saturated heterocycles. The summed E-state index contributed by atoms with van der Waals surface area (Å²) in [6, 6.07) is -1.31. The van der Waals surface area contributed by atoms with Crippen LogP contribution in [0.25, 0.3) is 0 Å². The van der Waals surface area contributed by atoms with Crippen molar-refractivity contribution in [2.75, 3.05) is 6.16 Å². The van der Waals surface area contributed by atoms with Gasteiger partial charge in [-0.25, -0.2) is 0 Å². The maximum absolute atomic E-state index is 11.4. The summed E-state index contributed by atoms with van der Waals surface area (Å²) in [5, 5.41) is 22.9. The second kappa shape index (κ2) is 13.3. The molecule has 0 amide bonds. The Kier molecular flexibility index (Phi) is 20.4. The van der Waals surface area contributed by atoms with Gasteiger partial charge < -0.3 is 24.7 Å². The number of carbonyl (C=O) groups is 2. The standard InChI is InChI=1S/C7H14NO5PS.3Li/c1-2-14(13,15)8-5(7(11)12)3-4-6(9)10;;;/h5H,2-4H2,1H3,(H,9,10)(H,11,12)(H2,8,13,15);;;/q;3*+1/p-3/t5-,14?;;;/m0.../s1. The summed E-state index contributed by atoms with van der Waals surface area (Å²) in [6.45, 7) is 1.55. The Balaban J connectivity index is -0.000000327. The number of carboxylic acids is 2. The minimum absolute atomic E-state index is 0. The summed E-state index contributed by atoms with van der Waals surface area (Å²) in [6.07, 6.45) is -3.75. The number of carbonyl (C=O) groups excluding carboxylic acids is 2. The minimum atomic E-state index is -3.14. The van der Waals surface area contributed by atoms with Gasteiger partial charge in [0.05, 0.1) is 12.0 Å². The van der Waals surface area contributed by atoms with Gasteiger partial charge >= 0.3 is 56.6 Å². The van der Waals surface area contributed by atoms with Crippen LogP contribution in [0.2, 0.25) is 0 Å². The van der Waals surface area contributed by atoms with E-state index in [2.05, 4.69) is 16.9 Å². The van der Waals surface area contributed by atoms with Crippen LogP contribution in [0.1, 0.15) is 19.8 Å². The zero-order valence-corrected chi connectivity index (χ0v) is 12.8. The Morgan fingerprint density at radius 3 is 2.00 bits per heavy atom. The average molecular weight is 273 g/mol. The van der Waals surface area contributed by atoms with E-state index in [0.29, 0.717) is 0 Å². The van der Waals surface area contributed by atoms with Gasteiger partial charge in [-0.1, -0.05) is 25.1 Å². The quantitative estimate of drug-likeness (QED) is 0.361. The molecule has 11 heteroatoms. The van der Waals surface area contributed by atoms with Crippen LogP contribution in [-0.4, -0.2) is 24.1 Å². The molecule has 0 heterocycles. The maximum Gasteiger partial charge on any atom is 1.00 e. The van der Waals surface area contributed by atoms with E-state index in [9.17, 15) is 24.7 Å². The molecule has 2 atom stereocenters. The Morgan fingerprint density at radius 1 is 1.28 bits per heavy atom. The zero-order valence-electron chi connectivity index (χ0n) is 11.1. The van der Waals surface area contributed by atoms with Gasteiger partial charge in [0, 0.05) is 5.97 Å². The van der Waals surface area contributed by atoms with Crippen molar-refractivity contribution in [1.29, 1.82) is 0 Å². The molecular weight excluding hydrogens is 262 g/mol. The van der Waals surface area contributed by atoms with Gasteiger partial charge in [-0.05, 0) is 19.0 Å². The largest absolute Gasteiger partial charge is 1.00 e. The Hall–Kier alpha value is 1.30. The second-order valence-corrected chi connectivity index (χ2v) is 6.91. The predicted octanol–water partition coefficient (Wildman–Crippen LogP) is -12.1. The summed E-state index contributed by atoms with van der Waals surface area (Å²) >= 11 is 4.61. The first-order valence-electron chi connectivity index (χ1n) is 4.27. The van der Waals surface area contributed by atoms with Crippen LogP contribution in [0.3, 0.4) is 0 Å².